The average Bonchev–Trinajstić information content (AvgIpc) is 3.32. The number of likely N-dealkylation sites (tertiary alicyclic amines) is 1. The van der Waals surface area contributed by atoms with Crippen LogP contribution in [0.25, 0.3) is 0 Å². The third-order valence-electron chi connectivity index (χ3n) is 7.02. The minimum atomic E-state index is -2.39. The van der Waals surface area contributed by atoms with E-state index in [4.69, 9.17) is 14.2 Å². The maximum Gasteiger partial charge on any atom is 0.371 e. The molecule has 0 aromatic carbocycles. The van der Waals surface area contributed by atoms with Gasteiger partial charge in [-0.25, -0.2) is 13.6 Å². The van der Waals surface area contributed by atoms with Gasteiger partial charge in [-0.1, -0.05) is 0 Å². The summed E-state index contributed by atoms with van der Waals surface area (Å²) in [4.78, 5) is 31.9. The number of rotatable bonds is 9. The second-order valence-corrected chi connectivity index (χ2v) is 10.8. The van der Waals surface area contributed by atoms with Gasteiger partial charge < -0.3 is 14.2 Å². The number of alkyl halides is 2. The van der Waals surface area contributed by atoms with Gasteiger partial charge in [0, 0.05) is 39.3 Å². The summed E-state index contributed by atoms with van der Waals surface area (Å²) in [6.07, 6.45) is 1.89. The van der Waals surface area contributed by atoms with Crippen molar-refractivity contribution in [3.05, 3.63) is 0 Å². The largest absolute Gasteiger partial charge is 0.466 e. The molecule has 8 nitrogen and oxygen atoms in total. The number of halogens is 2. The first-order valence-corrected chi connectivity index (χ1v) is 13.1. The summed E-state index contributed by atoms with van der Waals surface area (Å²) in [5.41, 5.74) is -0.704. The summed E-state index contributed by atoms with van der Waals surface area (Å²) in [6.45, 7) is 10.5. The number of carbonyl (C=O) groups excluding carboxylic acids is 2. The average molecular weight is 504 g/mol. The van der Waals surface area contributed by atoms with E-state index in [9.17, 15) is 18.4 Å². The molecule has 1 saturated carbocycles. The first kappa shape index (κ1) is 28.2. The van der Waals surface area contributed by atoms with Gasteiger partial charge in [-0.2, -0.15) is 0 Å². The van der Waals surface area contributed by atoms with E-state index in [0.717, 1.165) is 12.8 Å². The number of nitrogens with zero attached hydrogens (tertiary/aromatic N) is 3. The molecule has 2 heterocycles. The predicted molar refractivity (Wildman–Crippen MR) is 127 cm³/mol. The highest BCUT2D eigenvalue weighted by molar-refractivity contribution is 5.79. The minimum Gasteiger partial charge on any atom is -0.466 e. The monoisotopic (exact) mass is 503 g/mol. The van der Waals surface area contributed by atoms with E-state index in [1.54, 1.807) is 11.8 Å². The second kappa shape index (κ2) is 12.3. The molecule has 2 saturated heterocycles. The maximum atomic E-state index is 13.9. The molecule has 0 radical (unpaired) electrons. The SMILES string of the molecule is CCOC(=O)C1CCC(OC(C(=O)OC(C)(C)C)(N2CCCC2)N2CCN(CC(F)F)CC2)CC1. The van der Waals surface area contributed by atoms with Gasteiger partial charge in [0.15, 0.2) is 0 Å². The molecule has 3 aliphatic rings. The molecule has 3 fully saturated rings. The Morgan fingerprint density at radius 2 is 1.49 bits per heavy atom. The lowest BCUT2D eigenvalue weighted by Crippen LogP contribution is -2.71. The number of esters is 2. The molecule has 0 aromatic rings. The summed E-state index contributed by atoms with van der Waals surface area (Å²) < 4.78 is 43.8. The lowest BCUT2D eigenvalue weighted by molar-refractivity contribution is -0.281. The lowest BCUT2D eigenvalue weighted by atomic mass is 9.87. The van der Waals surface area contributed by atoms with Crippen LogP contribution in [0.2, 0.25) is 0 Å². The van der Waals surface area contributed by atoms with Crippen molar-refractivity contribution in [3.63, 3.8) is 0 Å². The van der Waals surface area contributed by atoms with E-state index in [1.807, 2.05) is 25.7 Å². The summed E-state index contributed by atoms with van der Waals surface area (Å²) >= 11 is 0. The Kier molecular flexibility index (Phi) is 9.88. The van der Waals surface area contributed by atoms with Gasteiger partial charge in [-0.3, -0.25) is 19.5 Å². The fourth-order valence-corrected chi connectivity index (χ4v) is 5.36. The first-order valence-electron chi connectivity index (χ1n) is 13.1. The van der Waals surface area contributed by atoms with Crippen molar-refractivity contribution < 1.29 is 32.6 Å². The van der Waals surface area contributed by atoms with Crippen LogP contribution in [-0.2, 0) is 23.8 Å². The summed E-state index contributed by atoms with van der Waals surface area (Å²) in [5, 5.41) is 0. The van der Waals surface area contributed by atoms with Crippen molar-refractivity contribution in [1.82, 2.24) is 14.7 Å². The van der Waals surface area contributed by atoms with Crippen molar-refractivity contribution in [2.24, 2.45) is 5.92 Å². The first-order chi connectivity index (χ1) is 16.5. The van der Waals surface area contributed by atoms with Gasteiger partial charge in [0.2, 0.25) is 0 Å². The molecule has 0 spiro atoms. The summed E-state index contributed by atoms with van der Waals surface area (Å²) in [6, 6.07) is 0. The topological polar surface area (TPSA) is 71.5 Å². The zero-order valence-electron chi connectivity index (χ0n) is 21.8. The number of hydrogen-bond acceptors (Lipinski definition) is 8. The van der Waals surface area contributed by atoms with Gasteiger partial charge in [-0.15, -0.1) is 0 Å². The fraction of sp³-hybridized carbons (Fsp3) is 0.920. The Hall–Kier alpha value is -1.36. The molecule has 0 bridgehead atoms. The Bertz CT molecular complexity index is 698. The highest BCUT2D eigenvalue weighted by Crippen LogP contribution is 2.36. The van der Waals surface area contributed by atoms with E-state index in [-0.39, 0.29) is 24.5 Å². The van der Waals surface area contributed by atoms with Crippen LogP contribution < -0.4 is 0 Å². The van der Waals surface area contributed by atoms with Crippen LogP contribution in [-0.4, -0.2) is 103 Å². The third-order valence-corrected chi connectivity index (χ3v) is 7.02. The zero-order valence-corrected chi connectivity index (χ0v) is 21.8. The number of ether oxygens (including phenoxy) is 3. The third kappa shape index (κ3) is 7.33. The number of piperazine rings is 1. The van der Waals surface area contributed by atoms with E-state index >= 15 is 0 Å². The number of hydrogen-bond donors (Lipinski definition) is 0. The Labute approximate surface area is 208 Å². The van der Waals surface area contributed by atoms with Crippen LogP contribution >= 0.6 is 0 Å². The van der Waals surface area contributed by atoms with Gasteiger partial charge in [0.1, 0.15) is 5.60 Å². The molecule has 35 heavy (non-hydrogen) atoms. The van der Waals surface area contributed by atoms with Crippen molar-refractivity contribution in [2.75, 3.05) is 52.4 Å². The second-order valence-electron chi connectivity index (χ2n) is 10.8. The summed E-state index contributed by atoms with van der Waals surface area (Å²) in [7, 11) is 0. The molecule has 1 atom stereocenters. The molecule has 0 N–H and O–H groups in total. The Morgan fingerprint density at radius 3 is 2.00 bits per heavy atom. The molecular weight excluding hydrogens is 460 g/mol. The van der Waals surface area contributed by atoms with Crippen LogP contribution in [0, 0.1) is 5.92 Å². The van der Waals surface area contributed by atoms with E-state index in [2.05, 4.69) is 4.90 Å². The van der Waals surface area contributed by atoms with E-state index < -0.39 is 23.8 Å². The molecular formula is C25H43F2N3O5. The standard InChI is InChI=1S/C25H43F2N3O5/c1-5-33-22(31)19-8-10-20(11-9-19)34-25(29-12-6-7-13-29,23(32)35-24(2,3)4)30-16-14-28(15-17-30)18-21(26)27/h19-21H,5-18H2,1-4H3. The predicted octanol–water partition coefficient (Wildman–Crippen LogP) is 3.10. The molecule has 0 aromatic heterocycles. The maximum absolute atomic E-state index is 13.9. The Morgan fingerprint density at radius 1 is 0.914 bits per heavy atom. The van der Waals surface area contributed by atoms with Crippen molar-refractivity contribution in [3.8, 4) is 0 Å². The normalized spacial score (nSPS) is 27.1. The number of carbonyl (C=O) groups is 2. The highest BCUT2D eigenvalue weighted by Gasteiger charge is 2.55. The minimum absolute atomic E-state index is 0.143. The quantitative estimate of drug-likeness (QED) is 0.445. The van der Waals surface area contributed by atoms with Gasteiger partial charge >= 0.3 is 11.9 Å². The molecule has 2 aliphatic heterocycles. The van der Waals surface area contributed by atoms with Crippen LogP contribution in [0.5, 0.6) is 0 Å². The molecule has 3 rings (SSSR count). The van der Waals surface area contributed by atoms with Crippen LogP contribution in [0.1, 0.15) is 66.2 Å². The zero-order chi connectivity index (χ0) is 25.6. The van der Waals surface area contributed by atoms with Gasteiger partial charge in [0.25, 0.3) is 12.3 Å². The van der Waals surface area contributed by atoms with Crippen molar-refractivity contribution in [1.29, 1.82) is 0 Å². The lowest BCUT2D eigenvalue weighted by Gasteiger charge is -2.51. The Balaban J connectivity index is 1.82. The summed E-state index contributed by atoms with van der Waals surface area (Å²) in [5.74, 6) is -2.15. The molecule has 202 valence electrons. The smallest absolute Gasteiger partial charge is 0.371 e. The fourth-order valence-electron chi connectivity index (χ4n) is 5.36. The molecule has 1 aliphatic carbocycles. The van der Waals surface area contributed by atoms with Crippen molar-refractivity contribution >= 4 is 11.9 Å². The molecule has 10 heteroatoms. The van der Waals surface area contributed by atoms with E-state index in [1.165, 1.54) is 0 Å². The molecule has 1 unspecified atom stereocenters. The van der Waals surface area contributed by atoms with Crippen LogP contribution in [0.4, 0.5) is 8.78 Å². The van der Waals surface area contributed by atoms with E-state index in [0.29, 0.717) is 71.6 Å². The molecule has 0 amide bonds. The van der Waals surface area contributed by atoms with Gasteiger partial charge in [-0.05, 0) is 66.2 Å². The van der Waals surface area contributed by atoms with Crippen LogP contribution in [0.15, 0.2) is 0 Å². The van der Waals surface area contributed by atoms with Gasteiger partial charge in [0.05, 0.1) is 25.2 Å². The highest BCUT2D eigenvalue weighted by atomic mass is 19.3. The van der Waals surface area contributed by atoms with Crippen LogP contribution in [0.3, 0.4) is 0 Å². The van der Waals surface area contributed by atoms with Crippen molar-refractivity contribution in [2.45, 2.75) is 90.2 Å².